The first kappa shape index (κ1) is 22.5. The number of hydrogen-bond acceptors (Lipinski definition) is 6. The van der Waals surface area contributed by atoms with Crippen molar-refractivity contribution in [2.45, 2.75) is 31.7 Å². The van der Waals surface area contributed by atoms with E-state index in [2.05, 4.69) is 9.88 Å². The highest BCUT2D eigenvalue weighted by molar-refractivity contribution is 5.99. The van der Waals surface area contributed by atoms with E-state index in [1.165, 1.54) is 0 Å². The first-order valence-corrected chi connectivity index (χ1v) is 11.5. The maximum absolute atomic E-state index is 12.6. The molecule has 1 aromatic heterocycles. The predicted molar refractivity (Wildman–Crippen MR) is 122 cm³/mol. The monoisotopic (exact) mass is 439 g/mol. The van der Waals surface area contributed by atoms with E-state index < -0.39 is 6.04 Å². The molecule has 0 radical (unpaired) electrons. The summed E-state index contributed by atoms with van der Waals surface area (Å²) in [5.74, 6) is 1.30. The molecule has 32 heavy (non-hydrogen) atoms. The zero-order chi connectivity index (χ0) is 22.5. The van der Waals surface area contributed by atoms with Gasteiger partial charge in [0.2, 0.25) is 5.91 Å². The minimum Gasteiger partial charge on any atom is -0.494 e. The van der Waals surface area contributed by atoms with Crippen molar-refractivity contribution in [3.05, 3.63) is 48.0 Å². The highest BCUT2D eigenvalue weighted by Gasteiger charge is 2.30. The molecule has 2 aromatic rings. The van der Waals surface area contributed by atoms with Gasteiger partial charge in [0.25, 0.3) is 0 Å². The van der Waals surface area contributed by atoms with E-state index >= 15 is 0 Å². The number of aromatic nitrogens is 2. The zero-order valence-corrected chi connectivity index (χ0v) is 18.8. The third kappa shape index (κ3) is 5.95. The number of nitrogens with zero attached hydrogens (tertiary/aromatic N) is 4. The number of amides is 1. The van der Waals surface area contributed by atoms with Gasteiger partial charge in [0.15, 0.2) is 5.78 Å². The molecule has 1 aliphatic carbocycles. The second-order valence-electron chi connectivity index (χ2n) is 8.87. The lowest BCUT2D eigenvalue weighted by Crippen LogP contribution is -2.53. The van der Waals surface area contributed by atoms with E-state index in [9.17, 15) is 9.59 Å². The molecule has 2 aliphatic rings. The summed E-state index contributed by atoms with van der Waals surface area (Å²) in [5, 5.41) is 0. The molecule has 1 atom stereocenters. The Labute approximate surface area is 189 Å². The van der Waals surface area contributed by atoms with Crippen LogP contribution in [0.3, 0.4) is 0 Å². The molecule has 1 saturated heterocycles. The fourth-order valence-electron chi connectivity index (χ4n) is 4.09. The Hall–Kier alpha value is -2.71. The fourth-order valence-corrected chi connectivity index (χ4v) is 4.09. The van der Waals surface area contributed by atoms with E-state index in [4.69, 9.17) is 10.5 Å². The Morgan fingerprint density at radius 1 is 1.16 bits per heavy atom. The van der Waals surface area contributed by atoms with Gasteiger partial charge in [-0.05, 0) is 43.5 Å². The molecule has 0 bridgehead atoms. The lowest BCUT2D eigenvalue weighted by molar-refractivity contribution is -0.134. The average Bonchev–Trinajstić information content (AvgIpc) is 3.58. The first-order valence-electron chi connectivity index (χ1n) is 11.5. The van der Waals surface area contributed by atoms with Gasteiger partial charge >= 0.3 is 0 Å². The van der Waals surface area contributed by atoms with Gasteiger partial charge in [-0.25, -0.2) is 4.98 Å². The summed E-state index contributed by atoms with van der Waals surface area (Å²) in [4.78, 5) is 33.2. The molecule has 1 saturated carbocycles. The lowest BCUT2D eigenvalue weighted by atomic mass is 10.1. The number of Topliss-reactive ketones (excluding diaryl/α,β-unsaturated/α-hetero) is 1. The van der Waals surface area contributed by atoms with E-state index in [1.807, 2.05) is 47.0 Å². The SMILES string of the molecule is Cn1cnc(CC(N)C(=O)N2CCN(CCCOc3ccc(C(=O)C4CC4)cc3)CC2)c1. The minimum atomic E-state index is -0.546. The lowest BCUT2D eigenvalue weighted by Gasteiger charge is -2.35. The third-order valence-corrected chi connectivity index (χ3v) is 6.16. The van der Waals surface area contributed by atoms with Crippen LogP contribution >= 0.6 is 0 Å². The average molecular weight is 440 g/mol. The molecule has 4 rings (SSSR count). The van der Waals surface area contributed by atoms with Crippen molar-refractivity contribution in [3.8, 4) is 5.75 Å². The topological polar surface area (TPSA) is 93.7 Å². The molecular formula is C24H33N5O3. The van der Waals surface area contributed by atoms with Gasteiger partial charge in [-0.15, -0.1) is 0 Å². The summed E-state index contributed by atoms with van der Waals surface area (Å²) in [6, 6.07) is 6.95. The van der Waals surface area contributed by atoms with Crippen LogP contribution in [-0.2, 0) is 18.3 Å². The maximum atomic E-state index is 12.6. The molecule has 8 heteroatoms. The number of piperazine rings is 1. The number of aryl methyl sites for hydroxylation is 1. The summed E-state index contributed by atoms with van der Waals surface area (Å²) in [7, 11) is 1.90. The van der Waals surface area contributed by atoms with Crippen LogP contribution < -0.4 is 10.5 Å². The normalized spacial score (nSPS) is 17.9. The molecule has 0 spiro atoms. The van der Waals surface area contributed by atoms with Crippen LogP contribution in [0, 0.1) is 5.92 Å². The molecule has 2 fully saturated rings. The summed E-state index contributed by atoms with van der Waals surface area (Å²) in [5.41, 5.74) is 7.76. The van der Waals surface area contributed by atoms with Gasteiger partial charge in [-0.3, -0.25) is 14.5 Å². The van der Waals surface area contributed by atoms with Crippen LogP contribution in [-0.4, -0.2) is 76.4 Å². The van der Waals surface area contributed by atoms with Crippen molar-refractivity contribution in [1.29, 1.82) is 0 Å². The summed E-state index contributed by atoms with van der Waals surface area (Å²) in [6.45, 7) is 4.66. The van der Waals surface area contributed by atoms with Crippen LogP contribution in [0.25, 0.3) is 0 Å². The molecule has 1 aliphatic heterocycles. The Kier molecular flexibility index (Phi) is 7.22. The number of carbonyl (C=O) groups is 2. The second-order valence-corrected chi connectivity index (χ2v) is 8.87. The zero-order valence-electron chi connectivity index (χ0n) is 18.8. The van der Waals surface area contributed by atoms with Gasteiger partial charge in [0.05, 0.1) is 24.7 Å². The Morgan fingerprint density at radius 2 is 1.88 bits per heavy atom. The first-order chi connectivity index (χ1) is 15.5. The largest absolute Gasteiger partial charge is 0.494 e. The molecule has 1 aromatic carbocycles. The van der Waals surface area contributed by atoms with E-state index in [0.717, 1.165) is 55.9 Å². The number of rotatable bonds is 10. The van der Waals surface area contributed by atoms with Crippen LogP contribution in [0.5, 0.6) is 5.75 Å². The van der Waals surface area contributed by atoms with Crippen molar-refractivity contribution in [1.82, 2.24) is 19.4 Å². The van der Waals surface area contributed by atoms with Crippen LogP contribution in [0.4, 0.5) is 0 Å². The number of imidazole rings is 1. The van der Waals surface area contributed by atoms with Crippen molar-refractivity contribution in [3.63, 3.8) is 0 Å². The van der Waals surface area contributed by atoms with Crippen LogP contribution in [0.1, 0.15) is 35.3 Å². The smallest absolute Gasteiger partial charge is 0.239 e. The second kappa shape index (κ2) is 10.3. The van der Waals surface area contributed by atoms with Crippen molar-refractivity contribution >= 4 is 11.7 Å². The minimum absolute atomic E-state index is 0.00208. The quantitative estimate of drug-likeness (QED) is 0.445. The number of ketones is 1. The van der Waals surface area contributed by atoms with E-state index in [-0.39, 0.29) is 17.6 Å². The Morgan fingerprint density at radius 3 is 2.50 bits per heavy atom. The predicted octanol–water partition coefficient (Wildman–Crippen LogP) is 1.50. The summed E-state index contributed by atoms with van der Waals surface area (Å²) < 4.78 is 7.69. The Bertz CT molecular complexity index is 914. The van der Waals surface area contributed by atoms with Crippen LogP contribution in [0.15, 0.2) is 36.8 Å². The molecule has 2 N–H and O–H groups in total. The molecule has 2 heterocycles. The summed E-state index contributed by atoms with van der Waals surface area (Å²) in [6.07, 6.45) is 7.05. The number of carbonyl (C=O) groups excluding carboxylic acids is 2. The fraction of sp³-hybridized carbons (Fsp3) is 0.542. The molecule has 8 nitrogen and oxygen atoms in total. The van der Waals surface area contributed by atoms with Crippen molar-refractivity contribution < 1.29 is 14.3 Å². The van der Waals surface area contributed by atoms with Crippen LogP contribution in [0.2, 0.25) is 0 Å². The van der Waals surface area contributed by atoms with Gasteiger partial charge in [0.1, 0.15) is 5.75 Å². The van der Waals surface area contributed by atoms with Gasteiger partial charge < -0.3 is 19.9 Å². The van der Waals surface area contributed by atoms with Crippen molar-refractivity contribution in [2.75, 3.05) is 39.3 Å². The Balaban J connectivity index is 1.12. The molecule has 1 amide bonds. The van der Waals surface area contributed by atoms with Gasteiger partial charge in [-0.1, -0.05) is 0 Å². The number of nitrogens with two attached hydrogens (primary N) is 1. The van der Waals surface area contributed by atoms with Crippen molar-refractivity contribution in [2.24, 2.45) is 18.7 Å². The standard InChI is InChI=1S/C24H33N5O3/c1-27-16-20(26-17-27)15-22(25)24(31)29-12-10-28(11-13-29)9-2-14-32-21-7-5-19(6-8-21)23(30)18-3-4-18/h5-8,16-18,22H,2-4,9-15,25H2,1H3. The van der Waals surface area contributed by atoms with Gasteiger partial charge in [0, 0.05) is 63.9 Å². The maximum Gasteiger partial charge on any atom is 0.239 e. The summed E-state index contributed by atoms with van der Waals surface area (Å²) >= 11 is 0. The van der Waals surface area contributed by atoms with Gasteiger partial charge in [-0.2, -0.15) is 0 Å². The highest BCUT2D eigenvalue weighted by atomic mass is 16.5. The number of ether oxygens (including phenoxy) is 1. The third-order valence-electron chi connectivity index (χ3n) is 6.16. The molecular weight excluding hydrogens is 406 g/mol. The number of hydrogen-bond donors (Lipinski definition) is 1. The molecule has 1 unspecified atom stereocenters. The van der Waals surface area contributed by atoms with E-state index in [1.54, 1.807) is 6.33 Å². The molecule has 172 valence electrons. The number of benzene rings is 1. The van der Waals surface area contributed by atoms with E-state index in [0.29, 0.717) is 26.1 Å². The highest BCUT2D eigenvalue weighted by Crippen LogP contribution is 2.32.